The van der Waals surface area contributed by atoms with Crippen molar-refractivity contribution in [2.24, 2.45) is 5.73 Å². The summed E-state index contributed by atoms with van der Waals surface area (Å²) >= 11 is 0. The minimum atomic E-state index is -0.917. The van der Waals surface area contributed by atoms with Crippen molar-refractivity contribution in [3.05, 3.63) is 34.9 Å². The van der Waals surface area contributed by atoms with E-state index in [-0.39, 0.29) is 17.8 Å². The van der Waals surface area contributed by atoms with Crippen molar-refractivity contribution in [2.75, 3.05) is 0 Å². The van der Waals surface area contributed by atoms with Gasteiger partial charge in [-0.1, -0.05) is 13.8 Å². The lowest BCUT2D eigenvalue weighted by Crippen LogP contribution is -2.40. The second-order valence-electron chi connectivity index (χ2n) is 5.03. The molecule has 2 atom stereocenters. The predicted octanol–water partition coefficient (Wildman–Crippen LogP) is 2.43. The summed E-state index contributed by atoms with van der Waals surface area (Å²) in [6, 6.07) is 1.65. The Morgan fingerprint density at radius 2 is 1.82 bits per heavy atom. The third kappa shape index (κ3) is 2.30. The van der Waals surface area contributed by atoms with Crippen molar-refractivity contribution in [1.82, 2.24) is 0 Å². The number of hydrogen-bond acceptors (Lipinski definition) is 2. The Hall–Kier alpha value is -0.710. The van der Waals surface area contributed by atoms with E-state index in [0.29, 0.717) is 17.5 Å². The van der Waals surface area contributed by atoms with Gasteiger partial charge < -0.3 is 10.8 Å². The van der Waals surface area contributed by atoms with Crippen molar-refractivity contribution >= 4 is 12.4 Å². The molecule has 0 saturated heterocycles. The Balaban J connectivity index is 0.00000144. The first-order valence-corrected chi connectivity index (χ1v) is 5.26. The number of hydrogen-bond donors (Lipinski definition) is 2. The van der Waals surface area contributed by atoms with Crippen LogP contribution < -0.4 is 5.73 Å². The highest BCUT2D eigenvalue weighted by Crippen LogP contribution is 2.41. The number of aliphatic hydroxyl groups excluding tert-OH is 1. The Labute approximate surface area is 105 Å². The van der Waals surface area contributed by atoms with Crippen molar-refractivity contribution in [1.29, 1.82) is 0 Å². The van der Waals surface area contributed by atoms with Crippen molar-refractivity contribution in [3.8, 4) is 0 Å². The van der Waals surface area contributed by atoms with Crippen LogP contribution in [0.1, 0.15) is 37.4 Å². The van der Waals surface area contributed by atoms with E-state index in [1.165, 1.54) is 6.07 Å². The maximum Gasteiger partial charge on any atom is 0.159 e. The average Bonchev–Trinajstić information content (AvgIpc) is 2.17. The fraction of sp³-hybridized carbons (Fsp3) is 0.500. The Kier molecular flexibility index (Phi) is 3.81. The second kappa shape index (κ2) is 4.52. The fourth-order valence-corrected chi connectivity index (χ4v) is 2.39. The zero-order valence-electron chi connectivity index (χ0n) is 9.71. The van der Waals surface area contributed by atoms with E-state index in [2.05, 4.69) is 0 Å². The van der Waals surface area contributed by atoms with Crippen LogP contribution in [0, 0.1) is 11.6 Å². The number of fused-ring (bicyclic) bond motifs is 1. The van der Waals surface area contributed by atoms with E-state index >= 15 is 0 Å². The molecule has 2 nitrogen and oxygen atoms in total. The molecule has 1 aliphatic carbocycles. The highest BCUT2D eigenvalue weighted by molar-refractivity contribution is 5.85. The van der Waals surface area contributed by atoms with Crippen LogP contribution in [0.4, 0.5) is 8.78 Å². The molecule has 0 radical (unpaired) electrons. The zero-order chi connectivity index (χ0) is 12.1. The summed E-state index contributed by atoms with van der Waals surface area (Å²) in [4.78, 5) is 0. The smallest absolute Gasteiger partial charge is 0.159 e. The summed E-state index contributed by atoms with van der Waals surface area (Å²) in [6.07, 6.45) is -0.265. The van der Waals surface area contributed by atoms with Crippen LogP contribution in [0.15, 0.2) is 12.1 Å². The first-order valence-electron chi connectivity index (χ1n) is 5.26. The van der Waals surface area contributed by atoms with Gasteiger partial charge in [0.1, 0.15) is 0 Å². The minimum absolute atomic E-state index is 0. The van der Waals surface area contributed by atoms with Gasteiger partial charge in [0.2, 0.25) is 0 Å². The summed E-state index contributed by atoms with van der Waals surface area (Å²) in [5.41, 5.74) is 6.59. The van der Waals surface area contributed by atoms with Gasteiger partial charge in [-0.15, -0.1) is 12.4 Å². The molecule has 0 bridgehead atoms. The molecule has 3 N–H and O–H groups in total. The summed E-state index contributed by atoms with van der Waals surface area (Å²) < 4.78 is 26.3. The normalized spacial score (nSPS) is 26.0. The maximum atomic E-state index is 13.2. The maximum absolute atomic E-state index is 13.2. The number of halogens is 3. The molecule has 1 aliphatic rings. The number of aliphatic hydroxyl groups is 1. The largest absolute Gasteiger partial charge is 0.391 e. The highest BCUT2D eigenvalue weighted by atomic mass is 35.5. The molecule has 1 aromatic carbocycles. The monoisotopic (exact) mass is 263 g/mol. The lowest BCUT2D eigenvalue weighted by atomic mass is 9.70. The second-order valence-corrected chi connectivity index (χ2v) is 5.03. The van der Waals surface area contributed by atoms with Gasteiger partial charge in [0.15, 0.2) is 11.6 Å². The molecule has 0 amide bonds. The molecule has 0 heterocycles. The van der Waals surface area contributed by atoms with E-state index in [1.54, 1.807) is 0 Å². The molecule has 0 spiro atoms. The molecule has 0 saturated carbocycles. The van der Waals surface area contributed by atoms with Gasteiger partial charge in [0.25, 0.3) is 0 Å². The SMILES string of the molecule is CC1(C)C[C@@H](O)[C@H](N)c2cc(F)c(F)cc21.Cl. The van der Waals surface area contributed by atoms with Crippen LogP contribution in [-0.4, -0.2) is 11.2 Å². The van der Waals surface area contributed by atoms with Crippen molar-refractivity contribution in [3.63, 3.8) is 0 Å². The first-order chi connectivity index (χ1) is 7.33. The summed E-state index contributed by atoms with van der Waals surface area (Å²) in [5.74, 6) is -1.78. The van der Waals surface area contributed by atoms with Crippen LogP contribution in [0.25, 0.3) is 0 Å². The standard InChI is InChI=1S/C12H15F2NO.ClH/c1-12(2)5-10(16)11(15)6-3-8(13)9(14)4-7(6)12;/h3-4,10-11,16H,5,15H2,1-2H3;1H/t10-,11-;/m1./s1. The number of nitrogens with two attached hydrogens (primary N) is 1. The quantitative estimate of drug-likeness (QED) is 0.755. The minimum Gasteiger partial charge on any atom is -0.391 e. The molecule has 1 aromatic rings. The van der Waals surface area contributed by atoms with Gasteiger partial charge in [0, 0.05) is 0 Å². The van der Waals surface area contributed by atoms with Gasteiger partial charge in [-0.05, 0) is 35.1 Å². The lowest BCUT2D eigenvalue weighted by molar-refractivity contribution is 0.0990. The Bertz CT molecular complexity index is 437. The third-order valence-electron chi connectivity index (χ3n) is 3.31. The molecule has 2 rings (SSSR count). The van der Waals surface area contributed by atoms with Crippen molar-refractivity contribution < 1.29 is 13.9 Å². The molecule has 0 aromatic heterocycles. The summed E-state index contributed by atoms with van der Waals surface area (Å²) in [5, 5.41) is 9.78. The van der Waals surface area contributed by atoms with E-state index in [9.17, 15) is 13.9 Å². The third-order valence-corrected chi connectivity index (χ3v) is 3.31. The van der Waals surface area contributed by atoms with Gasteiger partial charge in [0.05, 0.1) is 12.1 Å². The Morgan fingerprint density at radius 3 is 2.41 bits per heavy atom. The number of rotatable bonds is 0. The van der Waals surface area contributed by atoms with Crippen LogP contribution in [-0.2, 0) is 5.41 Å². The van der Waals surface area contributed by atoms with E-state index < -0.39 is 23.8 Å². The molecular weight excluding hydrogens is 248 g/mol. The van der Waals surface area contributed by atoms with E-state index in [0.717, 1.165) is 6.07 Å². The average molecular weight is 264 g/mol. The topological polar surface area (TPSA) is 46.2 Å². The van der Waals surface area contributed by atoms with Crippen LogP contribution in [0.2, 0.25) is 0 Å². The fourth-order valence-electron chi connectivity index (χ4n) is 2.39. The van der Waals surface area contributed by atoms with Gasteiger partial charge in [-0.25, -0.2) is 8.78 Å². The van der Waals surface area contributed by atoms with Gasteiger partial charge >= 0.3 is 0 Å². The van der Waals surface area contributed by atoms with E-state index in [1.807, 2.05) is 13.8 Å². The molecule has 0 unspecified atom stereocenters. The van der Waals surface area contributed by atoms with Gasteiger partial charge in [-0.2, -0.15) is 0 Å². The molecule has 17 heavy (non-hydrogen) atoms. The lowest BCUT2D eigenvalue weighted by Gasteiger charge is -2.39. The van der Waals surface area contributed by atoms with Crippen LogP contribution in [0.3, 0.4) is 0 Å². The summed E-state index contributed by atoms with van der Waals surface area (Å²) in [6.45, 7) is 3.77. The Morgan fingerprint density at radius 1 is 1.29 bits per heavy atom. The van der Waals surface area contributed by atoms with Crippen LogP contribution >= 0.6 is 12.4 Å². The van der Waals surface area contributed by atoms with Crippen molar-refractivity contribution in [2.45, 2.75) is 37.8 Å². The molecule has 0 aliphatic heterocycles. The molecular formula is C12H16ClF2NO. The molecule has 5 heteroatoms. The van der Waals surface area contributed by atoms with Crippen LogP contribution in [0.5, 0.6) is 0 Å². The summed E-state index contributed by atoms with van der Waals surface area (Å²) in [7, 11) is 0. The zero-order valence-corrected chi connectivity index (χ0v) is 10.5. The first kappa shape index (κ1) is 14.4. The predicted molar refractivity (Wildman–Crippen MR) is 64.2 cm³/mol. The number of benzene rings is 1. The highest BCUT2D eigenvalue weighted by Gasteiger charge is 2.37. The van der Waals surface area contributed by atoms with Gasteiger partial charge in [-0.3, -0.25) is 0 Å². The molecule has 96 valence electrons. The van der Waals surface area contributed by atoms with E-state index in [4.69, 9.17) is 5.73 Å². The molecule has 0 fully saturated rings.